The third kappa shape index (κ3) is 5.69. The second kappa shape index (κ2) is 10.6. The third-order valence-corrected chi connectivity index (χ3v) is 7.37. The van der Waals surface area contributed by atoms with Crippen molar-refractivity contribution in [2.45, 2.75) is 96.6 Å². The van der Waals surface area contributed by atoms with E-state index in [-0.39, 0.29) is 18.1 Å². The van der Waals surface area contributed by atoms with Gasteiger partial charge in [0.1, 0.15) is 12.1 Å². The summed E-state index contributed by atoms with van der Waals surface area (Å²) in [6.07, 6.45) is 10.2. The summed E-state index contributed by atoms with van der Waals surface area (Å²) in [5, 5.41) is 18.2. The van der Waals surface area contributed by atoms with E-state index in [2.05, 4.69) is 13.8 Å². The number of ether oxygens (including phenoxy) is 1. The molecule has 6 nitrogen and oxygen atoms in total. The first kappa shape index (κ1) is 23.1. The number of rotatable bonds is 10. The highest BCUT2D eigenvalue weighted by atomic mass is 16.5. The fourth-order valence-corrected chi connectivity index (χ4v) is 5.79. The van der Waals surface area contributed by atoms with E-state index >= 15 is 0 Å². The van der Waals surface area contributed by atoms with Crippen LogP contribution in [0.3, 0.4) is 0 Å². The average Bonchev–Trinajstić information content (AvgIpc) is 2.64. The minimum atomic E-state index is -1.09. The van der Waals surface area contributed by atoms with Crippen molar-refractivity contribution in [3.05, 3.63) is 0 Å². The molecule has 6 heteroatoms. The van der Waals surface area contributed by atoms with Crippen molar-refractivity contribution in [3.63, 3.8) is 0 Å². The van der Waals surface area contributed by atoms with Crippen LogP contribution in [0.1, 0.15) is 84.5 Å². The van der Waals surface area contributed by atoms with Crippen molar-refractivity contribution in [3.8, 4) is 0 Å². The van der Waals surface area contributed by atoms with Gasteiger partial charge in [0.05, 0.1) is 6.42 Å². The smallest absolute Gasteiger partial charge is 0.323 e. The number of aliphatic carboxylic acids is 1. The van der Waals surface area contributed by atoms with Crippen LogP contribution in [0.2, 0.25) is 0 Å². The Hall–Kier alpha value is -1.14. The lowest BCUT2D eigenvalue weighted by atomic mass is 9.51. The Morgan fingerprint density at radius 1 is 1.21 bits per heavy atom. The van der Waals surface area contributed by atoms with Crippen molar-refractivity contribution in [2.75, 3.05) is 6.61 Å². The lowest BCUT2D eigenvalue weighted by molar-refractivity contribution is -0.161. The molecular formula is C22H39NO5. The van der Waals surface area contributed by atoms with Crippen molar-refractivity contribution in [1.29, 1.82) is 0 Å². The zero-order valence-electron chi connectivity index (χ0n) is 17.6. The van der Waals surface area contributed by atoms with Crippen molar-refractivity contribution in [1.82, 2.24) is 0 Å². The summed E-state index contributed by atoms with van der Waals surface area (Å²) < 4.78 is 5.59. The number of aliphatic hydroxyl groups is 1. The second-order valence-corrected chi connectivity index (χ2v) is 9.19. The minimum absolute atomic E-state index is 0.156. The van der Waals surface area contributed by atoms with Gasteiger partial charge < -0.3 is 20.7 Å². The van der Waals surface area contributed by atoms with Crippen LogP contribution >= 0.6 is 0 Å². The van der Waals surface area contributed by atoms with Crippen LogP contribution in [0.5, 0.6) is 0 Å². The quantitative estimate of drug-likeness (QED) is 0.487. The highest BCUT2D eigenvalue weighted by molar-refractivity contribution is 5.81. The molecule has 0 aromatic carbocycles. The molecule has 28 heavy (non-hydrogen) atoms. The van der Waals surface area contributed by atoms with E-state index in [0.717, 1.165) is 44.4 Å². The van der Waals surface area contributed by atoms with Crippen LogP contribution in [-0.2, 0) is 14.3 Å². The number of carboxylic acid groups (broad SMARTS) is 1. The lowest BCUT2D eigenvalue weighted by Crippen LogP contribution is -2.49. The van der Waals surface area contributed by atoms with Gasteiger partial charge in [0.2, 0.25) is 0 Å². The summed E-state index contributed by atoms with van der Waals surface area (Å²) >= 11 is 0. The topological polar surface area (TPSA) is 110 Å². The van der Waals surface area contributed by atoms with Gasteiger partial charge in [-0.1, -0.05) is 33.1 Å². The monoisotopic (exact) mass is 397 g/mol. The highest BCUT2D eigenvalue weighted by Gasteiger charge is 2.50. The van der Waals surface area contributed by atoms with E-state index < -0.39 is 24.4 Å². The molecule has 0 saturated heterocycles. The van der Waals surface area contributed by atoms with Gasteiger partial charge in [0.15, 0.2) is 0 Å². The summed E-state index contributed by atoms with van der Waals surface area (Å²) in [6.45, 7) is 4.90. The molecule has 4 N–H and O–H groups in total. The molecule has 0 aliphatic heterocycles. The number of unbranched alkanes of at least 4 members (excludes halogenated alkanes) is 1. The van der Waals surface area contributed by atoms with Crippen molar-refractivity contribution < 1.29 is 24.5 Å². The van der Waals surface area contributed by atoms with Gasteiger partial charge in [-0.25, -0.2) is 0 Å². The Bertz CT molecular complexity index is 525. The molecule has 0 bridgehead atoms. The fourth-order valence-electron chi connectivity index (χ4n) is 5.79. The third-order valence-electron chi connectivity index (χ3n) is 7.37. The maximum Gasteiger partial charge on any atom is 0.323 e. The number of hydrogen-bond acceptors (Lipinski definition) is 5. The SMILES string of the molecule is CCCCC1CCC2CC(OC(=O)C(N)CC(=O)O)CC[C@]2(C)C1CCCO. The molecule has 0 radical (unpaired) electrons. The van der Waals surface area contributed by atoms with Gasteiger partial charge >= 0.3 is 11.9 Å². The summed E-state index contributed by atoms with van der Waals surface area (Å²) in [6, 6.07) is -1.09. The molecule has 2 aliphatic rings. The van der Waals surface area contributed by atoms with Crippen molar-refractivity contribution in [2.24, 2.45) is 28.9 Å². The van der Waals surface area contributed by atoms with Gasteiger partial charge in [-0.05, 0) is 68.1 Å². The van der Waals surface area contributed by atoms with Crippen LogP contribution in [-0.4, -0.2) is 40.9 Å². The van der Waals surface area contributed by atoms with Gasteiger partial charge in [0, 0.05) is 6.61 Å². The Morgan fingerprint density at radius 3 is 2.61 bits per heavy atom. The molecular weight excluding hydrogens is 358 g/mol. The number of carboxylic acids is 1. The Balaban J connectivity index is 2.01. The molecule has 0 spiro atoms. The Morgan fingerprint density at radius 2 is 1.96 bits per heavy atom. The molecule has 0 aromatic rings. The largest absolute Gasteiger partial charge is 0.481 e. The molecule has 0 heterocycles. The molecule has 2 aliphatic carbocycles. The average molecular weight is 398 g/mol. The molecule has 6 atom stereocenters. The molecule has 162 valence electrons. The summed E-state index contributed by atoms with van der Waals surface area (Å²) in [5.41, 5.74) is 5.89. The summed E-state index contributed by atoms with van der Waals surface area (Å²) in [5.74, 6) is 0.185. The molecule has 2 saturated carbocycles. The maximum absolute atomic E-state index is 12.1. The van der Waals surface area contributed by atoms with Crippen molar-refractivity contribution >= 4 is 11.9 Å². The Kier molecular flexibility index (Phi) is 8.75. The fraction of sp³-hybridized carbons (Fsp3) is 0.909. The predicted octanol–water partition coefficient (Wildman–Crippen LogP) is 3.50. The van der Waals surface area contributed by atoms with Gasteiger partial charge in [0.25, 0.3) is 0 Å². The molecule has 0 aromatic heterocycles. The lowest BCUT2D eigenvalue weighted by Gasteiger charge is -2.55. The number of esters is 1. The number of carbonyl (C=O) groups is 2. The summed E-state index contributed by atoms with van der Waals surface area (Å²) in [7, 11) is 0. The zero-order valence-corrected chi connectivity index (χ0v) is 17.6. The number of nitrogens with two attached hydrogens (primary N) is 1. The maximum atomic E-state index is 12.1. The first-order valence-electron chi connectivity index (χ1n) is 11.1. The molecule has 0 amide bonds. The number of aliphatic hydroxyl groups excluding tert-OH is 1. The first-order valence-corrected chi connectivity index (χ1v) is 11.1. The molecule has 5 unspecified atom stereocenters. The molecule has 2 fully saturated rings. The van der Waals surface area contributed by atoms with Crippen LogP contribution in [0.15, 0.2) is 0 Å². The predicted molar refractivity (Wildman–Crippen MR) is 108 cm³/mol. The standard InChI is InChI=1S/C22H39NO5/c1-3-4-6-15-8-9-16-13-17(28-21(27)19(23)14-20(25)26)10-11-22(16,2)18(15)7-5-12-24/h15-19,24H,3-14,23H2,1-2H3,(H,25,26)/t15?,16?,17?,18?,19?,22-/m0/s1. The van der Waals surface area contributed by atoms with Crippen LogP contribution in [0, 0.1) is 23.2 Å². The van der Waals surface area contributed by atoms with E-state index in [0.29, 0.717) is 11.8 Å². The van der Waals surface area contributed by atoms with E-state index in [9.17, 15) is 14.7 Å². The normalized spacial score (nSPS) is 33.7. The number of fused-ring (bicyclic) bond motifs is 1. The van der Waals surface area contributed by atoms with Gasteiger partial charge in [-0.2, -0.15) is 0 Å². The van der Waals surface area contributed by atoms with Gasteiger partial charge in [-0.3, -0.25) is 9.59 Å². The highest BCUT2D eigenvalue weighted by Crippen LogP contribution is 2.57. The van der Waals surface area contributed by atoms with Crippen LogP contribution in [0.4, 0.5) is 0 Å². The van der Waals surface area contributed by atoms with Gasteiger partial charge in [-0.15, -0.1) is 0 Å². The van der Waals surface area contributed by atoms with E-state index in [1.807, 2.05) is 0 Å². The first-order chi connectivity index (χ1) is 13.3. The van der Waals surface area contributed by atoms with E-state index in [1.165, 1.54) is 25.7 Å². The summed E-state index contributed by atoms with van der Waals surface area (Å²) in [4.78, 5) is 22.9. The number of hydrogen-bond donors (Lipinski definition) is 3. The molecule has 2 rings (SSSR count). The van der Waals surface area contributed by atoms with E-state index in [4.69, 9.17) is 15.6 Å². The minimum Gasteiger partial charge on any atom is -0.481 e. The number of carbonyl (C=O) groups excluding carboxylic acids is 1. The second-order valence-electron chi connectivity index (χ2n) is 9.19. The van der Waals surface area contributed by atoms with Crippen LogP contribution in [0.25, 0.3) is 0 Å². The van der Waals surface area contributed by atoms with E-state index in [1.54, 1.807) is 0 Å². The van der Waals surface area contributed by atoms with Crippen LogP contribution < -0.4 is 5.73 Å². The Labute approximate surface area is 169 Å². The zero-order chi connectivity index (χ0) is 20.7.